The summed E-state index contributed by atoms with van der Waals surface area (Å²) < 4.78 is 0. The van der Waals surface area contributed by atoms with Gasteiger partial charge in [0, 0.05) is 18.6 Å². The van der Waals surface area contributed by atoms with Crippen LogP contribution in [-0.4, -0.2) is 49.1 Å². The summed E-state index contributed by atoms with van der Waals surface area (Å²) in [5.74, 6) is 0.754. The third-order valence-corrected chi connectivity index (χ3v) is 5.24. The molecule has 1 aliphatic heterocycles. The highest BCUT2D eigenvalue weighted by Gasteiger charge is 2.39. The fraction of sp³-hybridized carbons (Fsp3) is 0.667. The van der Waals surface area contributed by atoms with Gasteiger partial charge in [-0.1, -0.05) is 24.3 Å². The lowest BCUT2D eigenvalue weighted by molar-refractivity contribution is 0.140. The van der Waals surface area contributed by atoms with Gasteiger partial charge in [0.2, 0.25) is 0 Å². The van der Waals surface area contributed by atoms with Crippen molar-refractivity contribution in [2.75, 3.05) is 33.7 Å². The van der Waals surface area contributed by atoms with Crippen molar-refractivity contribution in [3.05, 3.63) is 35.4 Å². The molecule has 0 amide bonds. The van der Waals surface area contributed by atoms with Crippen LogP contribution >= 0.6 is 0 Å². The van der Waals surface area contributed by atoms with Gasteiger partial charge in [-0.05, 0) is 70.9 Å². The zero-order chi connectivity index (χ0) is 15.5. The van der Waals surface area contributed by atoms with E-state index in [1.165, 1.54) is 30.6 Å². The van der Waals surface area contributed by atoms with Crippen LogP contribution in [0.2, 0.25) is 0 Å². The van der Waals surface area contributed by atoms with Crippen LogP contribution in [0.25, 0.3) is 0 Å². The van der Waals surface area contributed by atoms with Gasteiger partial charge in [0.15, 0.2) is 0 Å². The molecule has 1 aromatic carbocycles. The minimum Gasteiger partial charge on any atom is -0.330 e. The number of likely N-dealkylation sites (tertiary alicyclic amines) is 1. The average molecular weight is 289 g/mol. The lowest BCUT2D eigenvalue weighted by Gasteiger charge is -2.35. The van der Waals surface area contributed by atoms with Gasteiger partial charge >= 0.3 is 0 Å². The predicted octanol–water partition coefficient (Wildman–Crippen LogP) is 2.35. The predicted molar refractivity (Wildman–Crippen MR) is 90.4 cm³/mol. The van der Waals surface area contributed by atoms with E-state index < -0.39 is 0 Å². The third kappa shape index (κ3) is 4.06. The second kappa shape index (κ2) is 6.91. The van der Waals surface area contributed by atoms with Gasteiger partial charge in [-0.3, -0.25) is 0 Å². The molecule has 2 N–H and O–H groups in total. The fourth-order valence-corrected chi connectivity index (χ4v) is 3.35. The van der Waals surface area contributed by atoms with Crippen LogP contribution in [0.5, 0.6) is 0 Å². The van der Waals surface area contributed by atoms with Gasteiger partial charge in [-0.2, -0.15) is 0 Å². The first-order valence-electron chi connectivity index (χ1n) is 8.11. The van der Waals surface area contributed by atoms with Crippen molar-refractivity contribution in [2.24, 2.45) is 11.7 Å². The zero-order valence-corrected chi connectivity index (χ0v) is 14.1. The van der Waals surface area contributed by atoms with Crippen LogP contribution in [0.4, 0.5) is 0 Å². The second-order valence-corrected chi connectivity index (χ2v) is 7.11. The van der Waals surface area contributed by atoms with Gasteiger partial charge in [-0.25, -0.2) is 0 Å². The fourth-order valence-electron chi connectivity index (χ4n) is 3.35. The molecule has 1 aliphatic rings. The quantitative estimate of drug-likeness (QED) is 0.872. The number of nitrogens with zero attached hydrogens (tertiary/aromatic N) is 2. The van der Waals surface area contributed by atoms with Crippen molar-refractivity contribution >= 4 is 0 Å². The molecule has 1 heterocycles. The van der Waals surface area contributed by atoms with E-state index in [0.29, 0.717) is 5.54 Å². The van der Waals surface area contributed by atoms with E-state index in [1.807, 2.05) is 0 Å². The van der Waals surface area contributed by atoms with E-state index in [9.17, 15) is 0 Å². The minimum atomic E-state index is 0.319. The van der Waals surface area contributed by atoms with E-state index in [1.54, 1.807) is 0 Å². The Labute approximate surface area is 130 Å². The van der Waals surface area contributed by atoms with Crippen molar-refractivity contribution < 1.29 is 0 Å². The van der Waals surface area contributed by atoms with Gasteiger partial charge in [0.05, 0.1) is 0 Å². The Hall–Kier alpha value is -0.900. The first kappa shape index (κ1) is 16.5. The zero-order valence-electron chi connectivity index (χ0n) is 14.1. The molecule has 0 saturated carbocycles. The highest BCUT2D eigenvalue weighted by atomic mass is 15.2. The molecule has 1 aromatic rings. The summed E-state index contributed by atoms with van der Waals surface area (Å²) in [5.41, 5.74) is 8.64. The minimum absolute atomic E-state index is 0.319. The summed E-state index contributed by atoms with van der Waals surface area (Å²) in [4.78, 5) is 4.95. The number of benzene rings is 1. The normalized spacial score (nSPS) is 22.1. The molecular weight excluding hydrogens is 258 g/mol. The molecular formula is C18H31N3. The van der Waals surface area contributed by atoms with E-state index in [4.69, 9.17) is 5.73 Å². The Morgan fingerprint density at radius 3 is 2.38 bits per heavy atom. The van der Waals surface area contributed by atoms with Gasteiger partial charge < -0.3 is 15.5 Å². The largest absolute Gasteiger partial charge is 0.330 e. The highest BCUT2D eigenvalue weighted by molar-refractivity contribution is 5.22. The summed E-state index contributed by atoms with van der Waals surface area (Å²) in [6.45, 7) is 8.89. The van der Waals surface area contributed by atoms with Crippen LogP contribution in [0.3, 0.4) is 0 Å². The molecule has 0 radical (unpaired) electrons. The van der Waals surface area contributed by atoms with E-state index in [2.05, 4.69) is 62.0 Å². The van der Waals surface area contributed by atoms with Crippen molar-refractivity contribution in [2.45, 2.75) is 38.8 Å². The molecule has 3 heteroatoms. The third-order valence-electron chi connectivity index (χ3n) is 5.24. The SMILES string of the molecule is CN(Cc1ccc(CCN)cc1)C[C@@H]1CCN(C)C1(C)C. The van der Waals surface area contributed by atoms with Gasteiger partial charge in [-0.15, -0.1) is 0 Å². The summed E-state index contributed by atoms with van der Waals surface area (Å²) in [6, 6.07) is 8.91. The molecule has 0 unspecified atom stereocenters. The molecule has 1 saturated heterocycles. The van der Waals surface area contributed by atoms with E-state index in [0.717, 1.165) is 25.4 Å². The Balaban J connectivity index is 1.88. The van der Waals surface area contributed by atoms with Crippen molar-refractivity contribution in [3.63, 3.8) is 0 Å². The number of hydrogen-bond donors (Lipinski definition) is 1. The van der Waals surface area contributed by atoms with E-state index in [-0.39, 0.29) is 0 Å². The highest BCUT2D eigenvalue weighted by Crippen LogP contribution is 2.33. The standard InChI is InChI=1S/C18H31N3/c1-18(2)17(10-12-21(18)4)14-20(3)13-16-7-5-15(6-8-16)9-11-19/h5-8,17H,9-14,19H2,1-4H3/t17-/m0/s1. The number of nitrogens with two attached hydrogens (primary N) is 1. The maximum absolute atomic E-state index is 5.60. The lowest BCUT2D eigenvalue weighted by Crippen LogP contribution is -2.43. The molecule has 2 rings (SSSR count). The molecule has 0 spiro atoms. The first-order valence-corrected chi connectivity index (χ1v) is 8.11. The Bertz CT molecular complexity index is 438. The molecule has 0 aromatic heterocycles. The molecule has 3 nitrogen and oxygen atoms in total. The lowest BCUT2D eigenvalue weighted by atomic mass is 9.88. The molecule has 0 bridgehead atoms. The van der Waals surface area contributed by atoms with Gasteiger partial charge in [0.25, 0.3) is 0 Å². The molecule has 0 aliphatic carbocycles. The Morgan fingerprint density at radius 2 is 1.86 bits per heavy atom. The maximum atomic E-state index is 5.60. The smallest absolute Gasteiger partial charge is 0.0230 e. The first-order chi connectivity index (χ1) is 9.93. The molecule has 1 atom stereocenters. The topological polar surface area (TPSA) is 32.5 Å². The van der Waals surface area contributed by atoms with E-state index >= 15 is 0 Å². The van der Waals surface area contributed by atoms with Crippen LogP contribution < -0.4 is 5.73 Å². The summed E-state index contributed by atoms with van der Waals surface area (Å²) in [7, 11) is 4.48. The maximum Gasteiger partial charge on any atom is 0.0230 e. The molecule has 21 heavy (non-hydrogen) atoms. The average Bonchev–Trinajstić information content (AvgIpc) is 2.68. The van der Waals surface area contributed by atoms with Crippen LogP contribution in [-0.2, 0) is 13.0 Å². The molecule has 118 valence electrons. The summed E-state index contributed by atoms with van der Waals surface area (Å²) in [5, 5.41) is 0. The monoisotopic (exact) mass is 289 g/mol. The van der Waals surface area contributed by atoms with Crippen molar-refractivity contribution in [1.29, 1.82) is 0 Å². The summed E-state index contributed by atoms with van der Waals surface area (Å²) in [6.07, 6.45) is 2.28. The van der Waals surface area contributed by atoms with Crippen molar-refractivity contribution in [3.8, 4) is 0 Å². The Kier molecular flexibility index (Phi) is 5.42. The van der Waals surface area contributed by atoms with Crippen LogP contribution in [0, 0.1) is 5.92 Å². The van der Waals surface area contributed by atoms with Gasteiger partial charge in [0.1, 0.15) is 0 Å². The second-order valence-electron chi connectivity index (χ2n) is 7.11. The molecule has 1 fully saturated rings. The van der Waals surface area contributed by atoms with Crippen LogP contribution in [0.15, 0.2) is 24.3 Å². The number of rotatable bonds is 6. The van der Waals surface area contributed by atoms with Crippen molar-refractivity contribution in [1.82, 2.24) is 9.80 Å². The Morgan fingerprint density at radius 1 is 1.24 bits per heavy atom. The van der Waals surface area contributed by atoms with Crippen LogP contribution in [0.1, 0.15) is 31.4 Å². The summed E-state index contributed by atoms with van der Waals surface area (Å²) >= 11 is 0. The number of hydrogen-bond acceptors (Lipinski definition) is 3.